The summed E-state index contributed by atoms with van der Waals surface area (Å²) < 4.78 is 37.6. The van der Waals surface area contributed by atoms with Crippen molar-refractivity contribution < 1.29 is 18.0 Å². The molecular weight excluding hydrogens is 329 g/mol. The van der Waals surface area contributed by atoms with Crippen LogP contribution in [0.4, 0.5) is 13.2 Å². The highest BCUT2D eigenvalue weighted by Crippen LogP contribution is 2.31. The van der Waals surface area contributed by atoms with Gasteiger partial charge in [-0.15, -0.1) is 0 Å². The second kappa shape index (κ2) is 7.00. The Morgan fingerprint density at radius 3 is 2.48 bits per heavy atom. The average Bonchev–Trinajstić information content (AvgIpc) is 2.48. The van der Waals surface area contributed by atoms with Crippen LogP contribution in [0.15, 0.2) is 36.5 Å². The van der Waals surface area contributed by atoms with Gasteiger partial charge >= 0.3 is 6.18 Å². The van der Waals surface area contributed by atoms with Gasteiger partial charge in [0.25, 0.3) is 5.91 Å². The highest BCUT2D eigenvalue weighted by atomic mass is 35.5. The van der Waals surface area contributed by atoms with Gasteiger partial charge in [-0.05, 0) is 25.1 Å². The zero-order valence-electron chi connectivity index (χ0n) is 12.2. The number of nitrogens with zero attached hydrogens (tertiary/aromatic N) is 1. The number of hydrogen-bond acceptors (Lipinski definition) is 2. The van der Waals surface area contributed by atoms with Gasteiger partial charge in [-0.3, -0.25) is 9.78 Å². The lowest BCUT2D eigenvalue weighted by Gasteiger charge is -2.10. The van der Waals surface area contributed by atoms with Crippen LogP contribution in [0.2, 0.25) is 5.02 Å². The van der Waals surface area contributed by atoms with Crippen molar-refractivity contribution in [3.8, 4) is 0 Å². The van der Waals surface area contributed by atoms with Crippen LogP contribution in [0, 0.1) is 6.92 Å². The topological polar surface area (TPSA) is 42.0 Å². The third kappa shape index (κ3) is 4.69. The van der Waals surface area contributed by atoms with Gasteiger partial charge in [0.05, 0.1) is 16.3 Å². The molecule has 2 aromatic rings. The van der Waals surface area contributed by atoms with E-state index in [1.54, 1.807) is 12.1 Å². The number of carbonyl (C=O) groups is 1. The van der Waals surface area contributed by atoms with Crippen LogP contribution in [-0.4, -0.2) is 17.4 Å². The van der Waals surface area contributed by atoms with Gasteiger partial charge in [0.2, 0.25) is 0 Å². The third-order valence-corrected chi connectivity index (χ3v) is 3.53. The Bertz CT molecular complexity index is 699. The molecule has 0 fully saturated rings. The fourth-order valence-corrected chi connectivity index (χ4v) is 2.17. The lowest BCUT2D eigenvalue weighted by atomic mass is 10.1. The van der Waals surface area contributed by atoms with Gasteiger partial charge in [-0.1, -0.05) is 29.3 Å². The zero-order chi connectivity index (χ0) is 17.0. The van der Waals surface area contributed by atoms with Crippen molar-refractivity contribution in [1.82, 2.24) is 10.3 Å². The molecule has 7 heteroatoms. The summed E-state index contributed by atoms with van der Waals surface area (Å²) in [4.78, 5) is 15.6. The Morgan fingerprint density at radius 1 is 1.26 bits per heavy atom. The normalized spacial score (nSPS) is 11.3. The molecule has 1 N–H and O–H groups in total. The van der Waals surface area contributed by atoms with Crippen molar-refractivity contribution in [3.63, 3.8) is 0 Å². The van der Waals surface area contributed by atoms with Gasteiger partial charge in [0, 0.05) is 24.7 Å². The van der Waals surface area contributed by atoms with E-state index in [1.807, 2.05) is 19.1 Å². The number of nitrogens with one attached hydrogen (secondary N) is 1. The molecule has 0 atom stereocenters. The van der Waals surface area contributed by atoms with E-state index in [4.69, 9.17) is 11.6 Å². The summed E-state index contributed by atoms with van der Waals surface area (Å²) in [7, 11) is 0. The number of pyridine rings is 1. The van der Waals surface area contributed by atoms with E-state index in [-0.39, 0.29) is 23.9 Å². The van der Waals surface area contributed by atoms with Gasteiger partial charge < -0.3 is 5.32 Å². The van der Waals surface area contributed by atoms with Crippen LogP contribution >= 0.6 is 11.6 Å². The van der Waals surface area contributed by atoms with Gasteiger partial charge in [0.1, 0.15) is 0 Å². The molecule has 23 heavy (non-hydrogen) atoms. The van der Waals surface area contributed by atoms with E-state index in [0.29, 0.717) is 11.3 Å². The van der Waals surface area contributed by atoms with Crippen LogP contribution in [0.3, 0.4) is 0 Å². The molecule has 0 bridgehead atoms. The van der Waals surface area contributed by atoms with E-state index in [2.05, 4.69) is 10.3 Å². The fraction of sp³-hybridized carbons (Fsp3) is 0.250. The molecule has 1 aromatic carbocycles. The van der Waals surface area contributed by atoms with E-state index in [9.17, 15) is 18.0 Å². The number of carbonyl (C=O) groups excluding carboxylic acids is 1. The number of aryl methyl sites for hydroxylation is 1. The molecule has 1 heterocycles. The SMILES string of the molecule is Cc1ccc(C(=O)NCCc2ncc(C(F)(F)F)cc2Cl)cc1. The largest absolute Gasteiger partial charge is 0.417 e. The zero-order valence-corrected chi connectivity index (χ0v) is 13.0. The first-order valence-corrected chi connectivity index (χ1v) is 7.21. The molecule has 0 aliphatic heterocycles. The molecular formula is C16H14ClF3N2O. The molecule has 2 rings (SSSR count). The minimum absolute atomic E-state index is 0.0654. The first-order chi connectivity index (χ1) is 10.8. The van der Waals surface area contributed by atoms with Crippen molar-refractivity contribution in [1.29, 1.82) is 0 Å². The Morgan fingerprint density at radius 2 is 1.91 bits per heavy atom. The highest BCUT2D eigenvalue weighted by Gasteiger charge is 2.31. The van der Waals surface area contributed by atoms with Crippen molar-refractivity contribution in [3.05, 3.63) is 63.9 Å². The fourth-order valence-electron chi connectivity index (χ4n) is 1.91. The number of alkyl halides is 3. The standard InChI is InChI=1S/C16H14ClF3N2O/c1-10-2-4-11(5-3-10)15(23)21-7-6-14-13(17)8-12(9-22-14)16(18,19)20/h2-5,8-9H,6-7H2,1H3,(H,21,23). The highest BCUT2D eigenvalue weighted by molar-refractivity contribution is 6.31. The summed E-state index contributed by atoms with van der Waals surface area (Å²) in [5.74, 6) is -0.256. The summed E-state index contributed by atoms with van der Waals surface area (Å²) in [6, 6.07) is 7.89. The molecule has 3 nitrogen and oxygen atoms in total. The summed E-state index contributed by atoms with van der Waals surface area (Å²) in [5, 5.41) is 2.61. The van der Waals surface area contributed by atoms with Crippen LogP contribution < -0.4 is 5.32 Å². The van der Waals surface area contributed by atoms with Crippen molar-refractivity contribution >= 4 is 17.5 Å². The number of benzene rings is 1. The van der Waals surface area contributed by atoms with Crippen LogP contribution in [0.25, 0.3) is 0 Å². The lowest BCUT2D eigenvalue weighted by Crippen LogP contribution is -2.26. The summed E-state index contributed by atoms with van der Waals surface area (Å²) >= 11 is 5.81. The van der Waals surface area contributed by atoms with Crippen molar-refractivity contribution in [2.75, 3.05) is 6.54 Å². The predicted molar refractivity (Wildman–Crippen MR) is 81.5 cm³/mol. The van der Waals surface area contributed by atoms with Crippen molar-refractivity contribution in [2.24, 2.45) is 0 Å². The molecule has 0 saturated heterocycles. The Kier molecular flexibility index (Phi) is 5.26. The minimum Gasteiger partial charge on any atom is -0.352 e. The minimum atomic E-state index is -4.48. The smallest absolute Gasteiger partial charge is 0.352 e. The first kappa shape index (κ1) is 17.3. The molecule has 1 amide bonds. The van der Waals surface area contributed by atoms with Gasteiger partial charge in [0.15, 0.2) is 0 Å². The molecule has 0 spiro atoms. The van der Waals surface area contributed by atoms with Gasteiger partial charge in [-0.2, -0.15) is 13.2 Å². The number of halogens is 4. The summed E-state index contributed by atoms with van der Waals surface area (Å²) in [5.41, 5.74) is 0.975. The maximum absolute atomic E-state index is 12.5. The van der Waals surface area contributed by atoms with Crippen LogP contribution in [0.1, 0.15) is 27.2 Å². The maximum atomic E-state index is 12.5. The molecule has 0 aliphatic rings. The quantitative estimate of drug-likeness (QED) is 0.911. The number of hydrogen-bond donors (Lipinski definition) is 1. The number of aromatic nitrogens is 1. The summed E-state index contributed by atoms with van der Waals surface area (Å²) in [6.45, 7) is 2.14. The second-order valence-corrected chi connectivity index (χ2v) is 5.43. The Hall–Kier alpha value is -2.08. The maximum Gasteiger partial charge on any atom is 0.417 e. The lowest BCUT2D eigenvalue weighted by molar-refractivity contribution is -0.137. The monoisotopic (exact) mass is 342 g/mol. The van der Waals surface area contributed by atoms with Crippen LogP contribution in [-0.2, 0) is 12.6 Å². The van der Waals surface area contributed by atoms with E-state index < -0.39 is 11.7 Å². The van der Waals surface area contributed by atoms with E-state index in [0.717, 1.165) is 17.8 Å². The van der Waals surface area contributed by atoms with E-state index in [1.165, 1.54) is 0 Å². The predicted octanol–water partition coefficient (Wildman–Crippen LogP) is 4.03. The van der Waals surface area contributed by atoms with Crippen molar-refractivity contribution in [2.45, 2.75) is 19.5 Å². The average molecular weight is 343 g/mol. The van der Waals surface area contributed by atoms with Crippen LogP contribution in [0.5, 0.6) is 0 Å². The molecule has 0 saturated carbocycles. The second-order valence-electron chi connectivity index (χ2n) is 5.02. The summed E-state index contributed by atoms with van der Waals surface area (Å²) in [6.07, 6.45) is -3.49. The van der Waals surface area contributed by atoms with Gasteiger partial charge in [-0.25, -0.2) is 0 Å². The number of amides is 1. The molecule has 1 aromatic heterocycles. The third-order valence-electron chi connectivity index (χ3n) is 3.21. The molecule has 122 valence electrons. The first-order valence-electron chi connectivity index (χ1n) is 6.84. The Labute approximate surface area is 136 Å². The number of rotatable bonds is 4. The molecule has 0 radical (unpaired) electrons. The Balaban J connectivity index is 1.94. The molecule has 0 unspecified atom stereocenters. The van der Waals surface area contributed by atoms with E-state index >= 15 is 0 Å². The molecule has 0 aliphatic carbocycles.